The lowest BCUT2D eigenvalue weighted by Crippen LogP contribution is -2.15. The highest BCUT2D eigenvalue weighted by molar-refractivity contribution is 6.02. The second kappa shape index (κ2) is 8.12. The van der Waals surface area contributed by atoms with Crippen molar-refractivity contribution < 1.29 is 13.6 Å². The van der Waals surface area contributed by atoms with Gasteiger partial charge in [0.2, 0.25) is 0 Å². The number of nitrogens with one attached hydrogen (secondary N) is 2. The molecule has 0 saturated heterocycles. The zero-order valence-corrected chi connectivity index (χ0v) is 15.8. The Labute approximate surface area is 161 Å². The number of anilines is 3. The summed E-state index contributed by atoms with van der Waals surface area (Å²) in [4.78, 5) is 20.5. The number of aryl methyl sites for hydroxylation is 1. The van der Waals surface area contributed by atoms with E-state index >= 15 is 0 Å². The van der Waals surface area contributed by atoms with Gasteiger partial charge in [0.1, 0.15) is 23.1 Å². The molecule has 0 bridgehead atoms. The lowest BCUT2D eigenvalue weighted by molar-refractivity contribution is 0.102. The molecule has 0 spiro atoms. The summed E-state index contributed by atoms with van der Waals surface area (Å²) in [5.74, 6) is -1.40. The molecule has 3 rings (SSSR count). The van der Waals surface area contributed by atoms with E-state index in [0.29, 0.717) is 17.8 Å². The number of para-hydroxylation sites is 1. The molecule has 0 aliphatic rings. The molecule has 0 atom stereocenters. The van der Waals surface area contributed by atoms with Crippen molar-refractivity contribution in [3.63, 3.8) is 0 Å². The summed E-state index contributed by atoms with van der Waals surface area (Å²) in [5, 5.41) is 5.60. The summed E-state index contributed by atoms with van der Waals surface area (Å²) in [6.07, 6.45) is 2.74. The minimum absolute atomic E-state index is 0.0168. The molecular weight excluding hydrogens is 362 g/mol. The third-order valence-corrected chi connectivity index (χ3v) is 4.24. The van der Waals surface area contributed by atoms with Gasteiger partial charge in [-0.3, -0.25) is 4.79 Å². The van der Waals surface area contributed by atoms with Crippen LogP contribution in [0.2, 0.25) is 0 Å². The Morgan fingerprint density at radius 3 is 2.50 bits per heavy atom. The number of aromatic nitrogens is 2. The van der Waals surface area contributed by atoms with E-state index < -0.39 is 17.5 Å². The second-order valence-electron chi connectivity index (χ2n) is 6.68. The predicted octanol–water partition coefficient (Wildman–Crippen LogP) is 5.18. The van der Waals surface area contributed by atoms with Gasteiger partial charge in [-0.15, -0.1) is 0 Å². The van der Waals surface area contributed by atoms with Crippen LogP contribution in [0.15, 0.2) is 48.8 Å². The van der Waals surface area contributed by atoms with Gasteiger partial charge >= 0.3 is 0 Å². The van der Waals surface area contributed by atoms with Gasteiger partial charge in [-0.2, -0.15) is 0 Å². The van der Waals surface area contributed by atoms with Crippen molar-refractivity contribution in [1.29, 1.82) is 0 Å². The molecule has 0 saturated carbocycles. The molecule has 1 amide bonds. The molecule has 3 aromatic rings. The molecule has 1 aromatic heterocycles. The first kappa shape index (κ1) is 19.4. The van der Waals surface area contributed by atoms with Crippen LogP contribution in [0.4, 0.5) is 26.0 Å². The molecular formula is C21H20F2N4O. The summed E-state index contributed by atoms with van der Waals surface area (Å²) in [5.41, 5.74) is 3.06. The number of carbonyl (C=O) groups is 1. The summed E-state index contributed by atoms with van der Waals surface area (Å²) in [7, 11) is 0. The van der Waals surface area contributed by atoms with E-state index in [-0.39, 0.29) is 11.4 Å². The van der Waals surface area contributed by atoms with Crippen molar-refractivity contribution in [3.8, 4) is 0 Å². The van der Waals surface area contributed by atoms with Gasteiger partial charge in [0.05, 0.1) is 18.1 Å². The van der Waals surface area contributed by atoms with Crippen molar-refractivity contribution >= 4 is 23.1 Å². The monoisotopic (exact) mass is 382 g/mol. The van der Waals surface area contributed by atoms with Gasteiger partial charge in [0.25, 0.3) is 5.91 Å². The van der Waals surface area contributed by atoms with E-state index in [4.69, 9.17) is 0 Å². The summed E-state index contributed by atoms with van der Waals surface area (Å²) in [6.45, 7) is 6.21. The van der Waals surface area contributed by atoms with Crippen molar-refractivity contribution in [2.24, 2.45) is 0 Å². The third-order valence-electron chi connectivity index (χ3n) is 4.24. The molecule has 7 heteroatoms. The van der Waals surface area contributed by atoms with Crippen LogP contribution >= 0.6 is 0 Å². The smallest absolute Gasteiger partial charge is 0.275 e. The average Bonchev–Trinajstić information content (AvgIpc) is 2.66. The Kier molecular flexibility index (Phi) is 5.63. The van der Waals surface area contributed by atoms with Gasteiger partial charge in [-0.25, -0.2) is 18.7 Å². The highest BCUT2D eigenvalue weighted by Gasteiger charge is 2.13. The Morgan fingerprint density at radius 1 is 1.07 bits per heavy atom. The van der Waals surface area contributed by atoms with E-state index in [0.717, 1.165) is 28.9 Å². The zero-order chi connectivity index (χ0) is 20.3. The second-order valence-corrected chi connectivity index (χ2v) is 6.68. The van der Waals surface area contributed by atoms with Crippen molar-refractivity contribution in [2.45, 2.75) is 26.7 Å². The number of rotatable bonds is 5. The maximum Gasteiger partial charge on any atom is 0.275 e. The van der Waals surface area contributed by atoms with Gasteiger partial charge in [-0.05, 0) is 36.1 Å². The molecule has 0 aliphatic heterocycles. The largest absolute Gasteiger partial charge is 0.338 e. The normalized spacial score (nSPS) is 10.8. The molecule has 0 radical (unpaired) electrons. The molecule has 28 heavy (non-hydrogen) atoms. The van der Waals surface area contributed by atoms with Crippen LogP contribution in [0.3, 0.4) is 0 Å². The summed E-state index contributed by atoms with van der Waals surface area (Å²) >= 11 is 0. The Hall–Kier alpha value is -3.35. The maximum atomic E-state index is 13.7. The molecule has 1 heterocycles. The average molecular weight is 382 g/mol. The molecule has 144 valence electrons. The van der Waals surface area contributed by atoms with E-state index in [9.17, 15) is 13.6 Å². The molecule has 0 aliphatic carbocycles. The lowest BCUT2D eigenvalue weighted by atomic mass is 9.98. The number of carbonyl (C=O) groups excluding carboxylic acids is 1. The van der Waals surface area contributed by atoms with Gasteiger partial charge in [-0.1, -0.05) is 32.0 Å². The fraction of sp³-hybridized carbons (Fsp3) is 0.190. The highest BCUT2D eigenvalue weighted by Crippen LogP contribution is 2.29. The van der Waals surface area contributed by atoms with Crippen LogP contribution in [0.5, 0.6) is 0 Å². The Morgan fingerprint density at radius 2 is 1.86 bits per heavy atom. The van der Waals surface area contributed by atoms with Crippen LogP contribution in [-0.4, -0.2) is 15.9 Å². The zero-order valence-electron chi connectivity index (χ0n) is 15.8. The third kappa shape index (κ3) is 4.31. The lowest BCUT2D eigenvalue weighted by Gasteiger charge is -2.16. The first-order chi connectivity index (χ1) is 13.3. The SMILES string of the molecule is Cc1cccc(C(C)C)c1Nc1cnc(C(=O)Nc2ccc(F)cc2F)cn1. The Bertz CT molecular complexity index is 1000. The number of hydrogen-bond acceptors (Lipinski definition) is 4. The number of benzene rings is 2. The minimum Gasteiger partial charge on any atom is -0.338 e. The molecule has 0 fully saturated rings. The number of nitrogens with zero attached hydrogens (tertiary/aromatic N) is 2. The van der Waals surface area contributed by atoms with Gasteiger partial charge in [0.15, 0.2) is 0 Å². The van der Waals surface area contributed by atoms with Crippen molar-refractivity contribution in [1.82, 2.24) is 9.97 Å². The first-order valence-electron chi connectivity index (χ1n) is 8.80. The fourth-order valence-electron chi connectivity index (χ4n) is 2.76. The van der Waals surface area contributed by atoms with E-state index in [1.54, 1.807) is 0 Å². The van der Waals surface area contributed by atoms with Crippen LogP contribution in [0.1, 0.15) is 41.4 Å². The first-order valence-corrected chi connectivity index (χ1v) is 8.80. The van der Waals surface area contributed by atoms with E-state index in [2.05, 4.69) is 34.4 Å². The van der Waals surface area contributed by atoms with E-state index in [1.165, 1.54) is 12.4 Å². The predicted molar refractivity (Wildman–Crippen MR) is 105 cm³/mol. The van der Waals surface area contributed by atoms with E-state index in [1.807, 2.05) is 25.1 Å². The van der Waals surface area contributed by atoms with Crippen LogP contribution in [0.25, 0.3) is 0 Å². The minimum atomic E-state index is -0.861. The van der Waals surface area contributed by atoms with Gasteiger partial charge < -0.3 is 10.6 Å². The fourth-order valence-corrected chi connectivity index (χ4v) is 2.76. The topological polar surface area (TPSA) is 66.9 Å². The van der Waals surface area contributed by atoms with Gasteiger partial charge in [0, 0.05) is 11.8 Å². The molecule has 2 aromatic carbocycles. The van der Waals surface area contributed by atoms with Crippen LogP contribution in [0, 0.1) is 18.6 Å². The Balaban J connectivity index is 1.76. The van der Waals surface area contributed by atoms with Crippen LogP contribution in [-0.2, 0) is 0 Å². The summed E-state index contributed by atoms with van der Waals surface area (Å²) < 4.78 is 26.6. The van der Waals surface area contributed by atoms with Crippen molar-refractivity contribution in [3.05, 3.63) is 77.2 Å². The highest BCUT2D eigenvalue weighted by atomic mass is 19.1. The molecule has 0 unspecified atom stereocenters. The molecule has 5 nitrogen and oxygen atoms in total. The number of hydrogen-bond donors (Lipinski definition) is 2. The number of amides is 1. The quantitative estimate of drug-likeness (QED) is 0.638. The van der Waals surface area contributed by atoms with Crippen molar-refractivity contribution in [2.75, 3.05) is 10.6 Å². The summed E-state index contributed by atoms with van der Waals surface area (Å²) in [6, 6.07) is 8.96. The molecule has 2 N–H and O–H groups in total. The number of halogens is 2. The standard InChI is InChI=1S/C21H20F2N4O/c1-12(2)15-6-4-5-13(3)20(15)27-19-11-24-18(10-25-19)21(28)26-17-8-7-14(22)9-16(17)23/h4-12H,1-3H3,(H,25,27)(H,26,28). The van der Waals surface area contributed by atoms with Crippen LogP contribution < -0.4 is 10.6 Å². The maximum absolute atomic E-state index is 13.7.